The first-order valence-corrected chi connectivity index (χ1v) is 15.1. The van der Waals surface area contributed by atoms with Crippen LogP contribution in [0.2, 0.25) is 0 Å². The van der Waals surface area contributed by atoms with Crippen LogP contribution in [0, 0.1) is 6.92 Å². The van der Waals surface area contributed by atoms with Crippen LogP contribution in [-0.4, -0.2) is 31.7 Å². The highest BCUT2D eigenvalue weighted by Gasteiger charge is 2.25. The van der Waals surface area contributed by atoms with E-state index in [-0.39, 0.29) is 10.5 Å². The molecule has 5 rings (SSSR count). The van der Waals surface area contributed by atoms with Crippen LogP contribution in [0.4, 0.5) is 5.69 Å². The summed E-state index contributed by atoms with van der Waals surface area (Å²) >= 11 is 3.18. The number of fused-ring (bicyclic) bond motifs is 1. The molecule has 0 atom stereocenters. The minimum Gasteiger partial charge on any atom is -0.744 e. The van der Waals surface area contributed by atoms with Gasteiger partial charge < -0.3 is 14.2 Å². The monoisotopic (exact) mass is 583 g/mol. The van der Waals surface area contributed by atoms with E-state index >= 15 is 0 Å². The molecule has 0 radical (unpaired) electrons. The Hall–Kier alpha value is -3.38. The first-order chi connectivity index (χ1) is 18.5. The summed E-state index contributed by atoms with van der Waals surface area (Å²) in [5, 5.41) is 0.970. The zero-order valence-electron chi connectivity index (χ0n) is 22.2. The molecule has 0 N–H and O–H groups in total. The Morgan fingerprint density at radius 3 is 2.44 bits per heavy atom. The number of pyridine rings is 1. The Balaban J connectivity index is 0.000000270. The SMILES string of the molecule is CCn1c(=O)/c(=C2/Sc3ccc(OC)cc3N2C)s/c1=C/c1cccc[n+]1C.Cc1ccc(S(=O)(=O)[O-])cc1. The molecule has 1 aliphatic heterocycles. The lowest BCUT2D eigenvalue weighted by Gasteiger charge is -2.13. The zero-order chi connectivity index (χ0) is 28.3. The molecular weight excluding hydrogens is 555 g/mol. The van der Waals surface area contributed by atoms with Crippen LogP contribution < -0.4 is 29.0 Å². The molecule has 3 heterocycles. The number of aromatic nitrogens is 2. The van der Waals surface area contributed by atoms with Gasteiger partial charge in [-0.05, 0) is 44.2 Å². The summed E-state index contributed by atoms with van der Waals surface area (Å²) in [6.07, 6.45) is 4.09. The lowest BCUT2D eigenvalue weighted by Crippen LogP contribution is -2.34. The van der Waals surface area contributed by atoms with Gasteiger partial charge in [0.2, 0.25) is 5.69 Å². The predicted octanol–water partition coefficient (Wildman–Crippen LogP) is 2.80. The van der Waals surface area contributed by atoms with Crippen molar-refractivity contribution in [2.24, 2.45) is 7.05 Å². The summed E-state index contributed by atoms with van der Waals surface area (Å²) < 4.78 is 42.1. The summed E-state index contributed by atoms with van der Waals surface area (Å²) in [5.74, 6) is 0.815. The summed E-state index contributed by atoms with van der Waals surface area (Å²) in [6.45, 7) is 4.47. The molecule has 0 bridgehead atoms. The fourth-order valence-corrected chi connectivity index (χ4v) is 6.85. The van der Waals surface area contributed by atoms with Crippen molar-refractivity contribution in [3.8, 4) is 5.75 Å². The van der Waals surface area contributed by atoms with Gasteiger partial charge in [-0.1, -0.05) is 29.5 Å². The second-order valence-electron chi connectivity index (χ2n) is 8.77. The van der Waals surface area contributed by atoms with Gasteiger partial charge in [-0.25, -0.2) is 13.0 Å². The van der Waals surface area contributed by atoms with Crippen LogP contribution in [0.5, 0.6) is 5.75 Å². The number of hydrogen-bond acceptors (Lipinski definition) is 8. The molecule has 39 heavy (non-hydrogen) atoms. The first-order valence-electron chi connectivity index (χ1n) is 12.1. The van der Waals surface area contributed by atoms with Crippen molar-refractivity contribution in [2.75, 3.05) is 19.1 Å². The van der Waals surface area contributed by atoms with E-state index in [0.29, 0.717) is 6.54 Å². The molecule has 0 saturated heterocycles. The van der Waals surface area contributed by atoms with Gasteiger partial charge in [-0.15, -0.1) is 11.3 Å². The van der Waals surface area contributed by atoms with E-state index in [1.54, 1.807) is 42.3 Å². The molecule has 0 aliphatic carbocycles. The van der Waals surface area contributed by atoms with Gasteiger partial charge in [-0.3, -0.25) is 9.36 Å². The summed E-state index contributed by atoms with van der Waals surface area (Å²) in [7, 11) is 1.41. The van der Waals surface area contributed by atoms with Crippen LogP contribution >= 0.6 is 23.1 Å². The van der Waals surface area contributed by atoms with Crippen molar-refractivity contribution in [2.45, 2.75) is 30.2 Å². The number of nitrogens with zero attached hydrogens (tertiary/aromatic N) is 3. The number of hydrogen-bond donors (Lipinski definition) is 0. The van der Waals surface area contributed by atoms with E-state index in [2.05, 4.69) is 21.6 Å². The van der Waals surface area contributed by atoms with E-state index in [1.807, 2.05) is 69.0 Å². The Morgan fingerprint density at radius 1 is 1.10 bits per heavy atom. The molecule has 4 aromatic rings. The van der Waals surface area contributed by atoms with Gasteiger partial charge >= 0.3 is 0 Å². The number of benzene rings is 2. The van der Waals surface area contributed by atoms with E-state index < -0.39 is 10.1 Å². The molecule has 0 unspecified atom stereocenters. The minimum absolute atomic E-state index is 0.0615. The Morgan fingerprint density at radius 2 is 1.82 bits per heavy atom. The number of ether oxygens (including phenoxy) is 1. The van der Waals surface area contributed by atoms with E-state index in [0.717, 1.165) is 41.8 Å². The molecule has 2 aromatic heterocycles. The standard InChI is InChI=1S/C21H22N3O2S2.C7H8O3S/c1-5-24-18(12-14-8-6-7-11-22(14)2)28-19(20(24)25)21-23(3)16-13-15(26-4)9-10-17(16)27-21;1-6-2-4-7(5-3-6)11(8,9)10/h6-13H,5H2,1-4H3;2-5H,1H3,(H,8,9,10)/q+1;/p-1/b21-19-;. The van der Waals surface area contributed by atoms with Crippen molar-refractivity contribution in [1.29, 1.82) is 0 Å². The van der Waals surface area contributed by atoms with Crippen molar-refractivity contribution >= 4 is 50.0 Å². The second-order valence-corrected chi connectivity index (χ2v) is 12.2. The van der Waals surface area contributed by atoms with Gasteiger partial charge in [0.25, 0.3) is 5.56 Å². The third kappa shape index (κ3) is 6.27. The van der Waals surface area contributed by atoms with E-state index in [4.69, 9.17) is 4.74 Å². The number of rotatable bonds is 4. The van der Waals surface area contributed by atoms with Crippen LogP contribution in [-0.2, 0) is 23.7 Å². The highest BCUT2D eigenvalue weighted by Crippen LogP contribution is 2.46. The summed E-state index contributed by atoms with van der Waals surface area (Å²) in [5.41, 5.74) is 3.11. The average Bonchev–Trinajstić information content (AvgIpc) is 3.40. The van der Waals surface area contributed by atoms with Crippen molar-refractivity contribution in [1.82, 2.24) is 4.57 Å². The van der Waals surface area contributed by atoms with Gasteiger partial charge in [0.1, 0.15) is 37.1 Å². The Kier molecular flexibility index (Phi) is 8.65. The average molecular weight is 584 g/mol. The molecule has 0 spiro atoms. The molecule has 0 saturated carbocycles. The quantitative estimate of drug-likeness (QED) is 0.269. The van der Waals surface area contributed by atoms with Gasteiger partial charge in [-0.2, -0.15) is 0 Å². The summed E-state index contributed by atoms with van der Waals surface area (Å²) in [6, 6.07) is 17.9. The third-order valence-corrected chi connectivity index (χ3v) is 9.47. The van der Waals surface area contributed by atoms with Crippen LogP contribution in [0.15, 0.2) is 81.4 Å². The topological polar surface area (TPSA) is 95.6 Å². The number of methoxy groups -OCH3 is 1. The number of anilines is 1. The van der Waals surface area contributed by atoms with Gasteiger partial charge in [0.15, 0.2) is 6.20 Å². The van der Waals surface area contributed by atoms with Crippen molar-refractivity contribution in [3.05, 3.63) is 97.7 Å². The Labute approximate surface area is 235 Å². The lowest BCUT2D eigenvalue weighted by molar-refractivity contribution is -0.673. The highest BCUT2D eigenvalue weighted by atomic mass is 32.2. The second kappa shape index (κ2) is 11.8. The molecule has 1 aliphatic rings. The van der Waals surface area contributed by atoms with Crippen molar-refractivity contribution in [3.63, 3.8) is 0 Å². The predicted molar refractivity (Wildman–Crippen MR) is 154 cm³/mol. The maximum Gasteiger partial charge on any atom is 0.271 e. The zero-order valence-corrected chi connectivity index (χ0v) is 24.7. The van der Waals surface area contributed by atoms with Crippen molar-refractivity contribution < 1.29 is 22.3 Å². The fraction of sp³-hybridized carbons (Fsp3) is 0.214. The van der Waals surface area contributed by atoms with E-state index in [9.17, 15) is 17.8 Å². The maximum absolute atomic E-state index is 13.2. The fourth-order valence-electron chi connectivity index (χ4n) is 3.94. The summed E-state index contributed by atoms with van der Waals surface area (Å²) in [4.78, 5) is 16.2. The van der Waals surface area contributed by atoms with E-state index in [1.165, 1.54) is 12.1 Å². The number of aryl methyl sites for hydroxylation is 2. The largest absolute Gasteiger partial charge is 0.744 e. The minimum atomic E-state index is -4.27. The number of thiazole rings is 1. The lowest BCUT2D eigenvalue weighted by atomic mass is 10.2. The maximum atomic E-state index is 13.2. The first kappa shape index (κ1) is 28.6. The van der Waals surface area contributed by atoms with Crippen LogP contribution in [0.25, 0.3) is 11.1 Å². The van der Waals surface area contributed by atoms with Crippen LogP contribution in [0.1, 0.15) is 18.2 Å². The molecule has 2 aromatic carbocycles. The molecule has 0 fully saturated rings. The highest BCUT2D eigenvalue weighted by molar-refractivity contribution is 8.08. The molecule has 0 amide bonds. The molecular formula is C28H29N3O5S3. The molecule has 11 heteroatoms. The smallest absolute Gasteiger partial charge is 0.271 e. The third-order valence-electron chi connectivity index (χ3n) is 6.14. The van der Waals surface area contributed by atoms with Gasteiger partial charge in [0.05, 0.1) is 17.7 Å². The normalized spacial score (nSPS) is 14.6. The van der Waals surface area contributed by atoms with Gasteiger partial charge in [0, 0.05) is 42.8 Å². The number of thioether (sulfide) groups is 1. The molecule has 204 valence electrons. The van der Waals surface area contributed by atoms with Crippen LogP contribution in [0.3, 0.4) is 0 Å². The Bertz CT molecular complexity index is 1790. The molecule has 8 nitrogen and oxygen atoms in total.